The lowest BCUT2D eigenvalue weighted by atomic mass is 9.88. The van der Waals surface area contributed by atoms with Crippen LogP contribution in [0.1, 0.15) is 50.3 Å². The molecule has 0 aliphatic carbocycles. The summed E-state index contributed by atoms with van der Waals surface area (Å²) in [5.41, 5.74) is 3.50. The van der Waals surface area contributed by atoms with Gasteiger partial charge >= 0.3 is 5.97 Å². The quantitative estimate of drug-likeness (QED) is 0.530. The summed E-state index contributed by atoms with van der Waals surface area (Å²) in [6.45, 7) is 8.02. The van der Waals surface area contributed by atoms with E-state index in [4.69, 9.17) is 4.74 Å². The van der Waals surface area contributed by atoms with Crippen LogP contribution in [0.2, 0.25) is 0 Å². The van der Waals surface area contributed by atoms with Crippen molar-refractivity contribution in [3.63, 3.8) is 0 Å². The van der Waals surface area contributed by atoms with Gasteiger partial charge in [-0.15, -0.1) is 0 Å². The standard InChI is InChI=1S/C19H29NO6S/c1-19(2,3)9-7-17(18(21)25-26-27(4,22)23)20-12-14-5-6-15-8-10-24-13-16(15)11-14/h5-6,11,17,20H,7-10,12-13H2,1-4H3/t17-/m0/s1. The second-order valence-corrected chi connectivity index (χ2v) is 9.66. The first kappa shape index (κ1) is 21.8. The Kier molecular flexibility index (Phi) is 7.39. The molecule has 0 fully saturated rings. The fourth-order valence-electron chi connectivity index (χ4n) is 2.81. The topological polar surface area (TPSA) is 90.9 Å². The van der Waals surface area contributed by atoms with Crippen molar-refractivity contribution in [3.8, 4) is 0 Å². The van der Waals surface area contributed by atoms with Crippen LogP contribution in [0.25, 0.3) is 0 Å². The van der Waals surface area contributed by atoms with Gasteiger partial charge < -0.3 is 10.1 Å². The van der Waals surface area contributed by atoms with E-state index >= 15 is 0 Å². The minimum Gasteiger partial charge on any atom is -0.376 e. The van der Waals surface area contributed by atoms with E-state index in [1.807, 2.05) is 6.07 Å². The number of benzene rings is 1. The Labute approximate surface area is 161 Å². The van der Waals surface area contributed by atoms with Crippen molar-refractivity contribution in [1.82, 2.24) is 5.32 Å². The Hall–Kier alpha value is -1.48. The molecule has 0 amide bonds. The summed E-state index contributed by atoms with van der Waals surface area (Å²) in [6.07, 6.45) is 3.00. The first-order valence-electron chi connectivity index (χ1n) is 9.05. The minimum absolute atomic E-state index is 0.0288. The van der Waals surface area contributed by atoms with E-state index in [0.29, 0.717) is 19.6 Å². The van der Waals surface area contributed by atoms with E-state index in [2.05, 4.69) is 47.4 Å². The molecule has 152 valence electrons. The van der Waals surface area contributed by atoms with Crippen LogP contribution in [0.15, 0.2) is 18.2 Å². The van der Waals surface area contributed by atoms with Crippen LogP contribution in [0.4, 0.5) is 0 Å². The van der Waals surface area contributed by atoms with E-state index in [9.17, 15) is 13.2 Å². The molecule has 27 heavy (non-hydrogen) atoms. The van der Waals surface area contributed by atoms with Crippen LogP contribution in [-0.4, -0.2) is 33.3 Å². The molecule has 0 saturated heterocycles. The molecule has 1 aromatic carbocycles. The van der Waals surface area contributed by atoms with Crippen LogP contribution >= 0.6 is 0 Å². The number of hydrogen-bond acceptors (Lipinski definition) is 7. The molecule has 1 N–H and O–H groups in total. The molecule has 1 aromatic rings. The third kappa shape index (κ3) is 7.96. The highest BCUT2D eigenvalue weighted by atomic mass is 32.2. The van der Waals surface area contributed by atoms with Crippen LogP contribution in [0.3, 0.4) is 0 Å². The molecular weight excluding hydrogens is 370 g/mol. The van der Waals surface area contributed by atoms with Gasteiger partial charge in [-0.1, -0.05) is 43.3 Å². The molecule has 1 atom stereocenters. The maximum absolute atomic E-state index is 12.3. The first-order valence-corrected chi connectivity index (χ1v) is 10.9. The van der Waals surface area contributed by atoms with E-state index in [1.165, 1.54) is 5.56 Å². The van der Waals surface area contributed by atoms with E-state index in [0.717, 1.165) is 36.8 Å². The predicted molar refractivity (Wildman–Crippen MR) is 101 cm³/mol. The van der Waals surface area contributed by atoms with Crippen molar-refractivity contribution in [2.75, 3.05) is 12.9 Å². The zero-order valence-electron chi connectivity index (χ0n) is 16.4. The van der Waals surface area contributed by atoms with E-state index < -0.39 is 22.1 Å². The second kappa shape index (κ2) is 9.14. The van der Waals surface area contributed by atoms with Gasteiger partial charge in [-0.2, -0.15) is 8.42 Å². The van der Waals surface area contributed by atoms with E-state index in [-0.39, 0.29) is 5.41 Å². The highest BCUT2D eigenvalue weighted by Crippen LogP contribution is 2.23. The van der Waals surface area contributed by atoms with Crippen LogP contribution in [0.5, 0.6) is 0 Å². The summed E-state index contributed by atoms with van der Waals surface area (Å²) in [5.74, 6) is -0.744. The Morgan fingerprint density at radius 2 is 2.04 bits per heavy atom. The Morgan fingerprint density at radius 1 is 1.30 bits per heavy atom. The smallest absolute Gasteiger partial charge is 0.360 e. The van der Waals surface area contributed by atoms with Crippen molar-refractivity contribution < 1.29 is 27.2 Å². The van der Waals surface area contributed by atoms with Gasteiger partial charge in [-0.05, 0) is 41.4 Å². The number of nitrogens with one attached hydrogen (secondary N) is 1. The summed E-state index contributed by atoms with van der Waals surface area (Å²) in [7, 11) is -3.86. The number of fused-ring (bicyclic) bond motifs is 1. The molecule has 0 spiro atoms. The van der Waals surface area contributed by atoms with E-state index in [1.54, 1.807) is 0 Å². The lowest BCUT2D eigenvalue weighted by molar-refractivity contribution is -0.213. The Morgan fingerprint density at radius 3 is 2.70 bits per heavy atom. The van der Waals surface area contributed by atoms with Gasteiger partial charge in [-0.25, -0.2) is 4.79 Å². The maximum atomic E-state index is 12.3. The molecule has 0 radical (unpaired) electrons. The second-order valence-electron chi connectivity index (χ2n) is 8.11. The lowest BCUT2D eigenvalue weighted by Gasteiger charge is -2.23. The predicted octanol–water partition coefficient (Wildman–Crippen LogP) is 2.48. The molecule has 8 heteroatoms. The van der Waals surface area contributed by atoms with Gasteiger partial charge in [0.15, 0.2) is 0 Å². The third-order valence-corrected chi connectivity index (χ3v) is 4.62. The number of carbonyl (C=O) groups is 1. The molecule has 0 unspecified atom stereocenters. The average Bonchev–Trinajstić information content (AvgIpc) is 2.58. The first-order chi connectivity index (χ1) is 12.5. The lowest BCUT2D eigenvalue weighted by Crippen LogP contribution is -2.38. The summed E-state index contributed by atoms with van der Waals surface area (Å²) in [4.78, 5) is 16.8. The summed E-state index contributed by atoms with van der Waals surface area (Å²) >= 11 is 0. The molecular formula is C19H29NO6S. The monoisotopic (exact) mass is 399 g/mol. The molecule has 1 aliphatic heterocycles. The van der Waals surface area contributed by atoms with Crippen LogP contribution in [-0.2, 0) is 48.4 Å². The molecule has 0 aromatic heterocycles. The summed E-state index contributed by atoms with van der Waals surface area (Å²) in [5, 5.41) is 3.16. The average molecular weight is 400 g/mol. The Bertz CT molecular complexity index is 754. The van der Waals surface area contributed by atoms with Crippen LogP contribution in [0, 0.1) is 5.41 Å². The van der Waals surface area contributed by atoms with Crippen molar-refractivity contribution in [3.05, 3.63) is 34.9 Å². The minimum atomic E-state index is -3.86. The maximum Gasteiger partial charge on any atom is 0.360 e. The van der Waals surface area contributed by atoms with Gasteiger partial charge in [0, 0.05) is 6.54 Å². The third-order valence-electron chi connectivity index (χ3n) is 4.30. The number of rotatable bonds is 8. The van der Waals surface area contributed by atoms with Crippen molar-refractivity contribution in [2.45, 2.75) is 59.2 Å². The molecule has 7 nitrogen and oxygen atoms in total. The highest BCUT2D eigenvalue weighted by molar-refractivity contribution is 7.85. The SMILES string of the molecule is CC(C)(C)CC[C@H](NCc1ccc2c(c1)COCC2)C(=O)OOS(C)(=O)=O. The highest BCUT2D eigenvalue weighted by Gasteiger charge is 2.25. The van der Waals surface area contributed by atoms with Crippen molar-refractivity contribution >= 4 is 16.1 Å². The zero-order chi connectivity index (χ0) is 20.1. The van der Waals surface area contributed by atoms with Gasteiger partial charge in [0.2, 0.25) is 0 Å². The molecule has 0 bridgehead atoms. The van der Waals surface area contributed by atoms with Crippen molar-refractivity contribution in [1.29, 1.82) is 0 Å². The van der Waals surface area contributed by atoms with Crippen molar-refractivity contribution in [2.24, 2.45) is 5.41 Å². The van der Waals surface area contributed by atoms with Gasteiger partial charge in [0.1, 0.15) is 6.04 Å². The van der Waals surface area contributed by atoms with Gasteiger partial charge in [-0.3, -0.25) is 4.89 Å². The number of hydrogen-bond donors (Lipinski definition) is 1. The fraction of sp³-hybridized carbons (Fsp3) is 0.632. The number of ether oxygens (including phenoxy) is 1. The largest absolute Gasteiger partial charge is 0.376 e. The fourth-order valence-corrected chi connectivity index (χ4v) is 3.00. The van der Waals surface area contributed by atoms with Crippen LogP contribution < -0.4 is 5.32 Å². The summed E-state index contributed by atoms with van der Waals surface area (Å²) in [6, 6.07) is 5.51. The molecule has 2 rings (SSSR count). The Balaban J connectivity index is 2.00. The van der Waals surface area contributed by atoms with Gasteiger partial charge in [0.25, 0.3) is 10.1 Å². The molecule has 0 saturated carbocycles. The number of carbonyl (C=O) groups excluding carboxylic acids is 1. The molecule has 1 heterocycles. The normalized spacial score (nSPS) is 15.9. The summed E-state index contributed by atoms with van der Waals surface area (Å²) < 4.78 is 31.8. The van der Waals surface area contributed by atoms with Gasteiger partial charge in [0.05, 0.1) is 19.5 Å². The zero-order valence-corrected chi connectivity index (χ0v) is 17.2. The molecule has 1 aliphatic rings.